The van der Waals surface area contributed by atoms with E-state index in [9.17, 15) is 4.79 Å². The molecule has 7 heteroatoms. The molecular weight excluding hydrogens is 428 g/mol. The minimum absolute atomic E-state index is 0.253. The van der Waals surface area contributed by atoms with Crippen LogP contribution in [-0.4, -0.2) is 67.9 Å². The summed E-state index contributed by atoms with van der Waals surface area (Å²) in [5.74, 6) is 2.54. The summed E-state index contributed by atoms with van der Waals surface area (Å²) in [6, 6.07) is 8.49. The van der Waals surface area contributed by atoms with Crippen LogP contribution in [0.1, 0.15) is 57.8 Å². The van der Waals surface area contributed by atoms with Gasteiger partial charge in [-0.2, -0.15) is 0 Å². The lowest BCUT2D eigenvalue weighted by atomic mass is 9.84. The summed E-state index contributed by atoms with van der Waals surface area (Å²) in [5, 5.41) is 8.76. The van der Waals surface area contributed by atoms with Crippen molar-refractivity contribution in [1.29, 1.82) is 0 Å². The summed E-state index contributed by atoms with van der Waals surface area (Å²) in [4.78, 5) is 17.4. The Balaban J connectivity index is 0.978. The second-order valence-corrected chi connectivity index (χ2v) is 10.6. The molecule has 2 atom stereocenters. The van der Waals surface area contributed by atoms with Gasteiger partial charge in [0, 0.05) is 45.8 Å². The van der Waals surface area contributed by atoms with E-state index in [0.29, 0.717) is 24.5 Å². The molecule has 0 spiro atoms. The van der Waals surface area contributed by atoms with Crippen LogP contribution in [0.3, 0.4) is 0 Å². The summed E-state index contributed by atoms with van der Waals surface area (Å²) >= 11 is 0. The van der Waals surface area contributed by atoms with E-state index in [4.69, 9.17) is 9.26 Å². The molecule has 3 fully saturated rings. The van der Waals surface area contributed by atoms with E-state index in [1.807, 2.05) is 18.2 Å². The van der Waals surface area contributed by atoms with Crippen molar-refractivity contribution in [3.05, 3.63) is 24.3 Å². The fraction of sp³-hybridized carbons (Fsp3) is 0.704. The van der Waals surface area contributed by atoms with E-state index in [1.54, 1.807) is 7.11 Å². The third-order valence-corrected chi connectivity index (χ3v) is 8.40. The molecule has 1 aromatic heterocycles. The molecule has 1 N–H and O–H groups in total. The predicted molar refractivity (Wildman–Crippen MR) is 134 cm³/mol. The lowest BCUT2D eigenvalue weighted by Crippen LogP contribution is -2.47. The molecule has 2 heterocycles. The molecule has 34 heavy (non-hydrogen) atoms. The number of methoxy groups -OCH3 is 1. The number of hydrogen-bond acceptors (Lipinski definition) is 6. The number of hydrogen-bond donors (Lipinski definition) is 1. The first-order valence-electron chi connectivity index (χ1n) is 13.3. The Labute approximate surface area is 203 Å². The van der Waals surface area contributed by atoms with Crippen molar-refractivity contribution in [1.82, 2.24) is 15.4 Å². The normalized spacial score (nSPS) is 28.4. The molecule has 2 unspecified atom stereocenters. The topological polar surface area (TPSA) is 70.8 Å². The molecule has 2 saturated carbocycles. The predicted octanol–water partition coefficient (Wildman–Crippen LogP) is 4.22. The standard InChI is InChI=1S/C27H40N4O3/c1-33-23-11-8-21(18-23)19-26(32)28-22-9-6-20(7-10-22)12-13-30-14-16-31(17-15-30)27-24-4-2-3-5-25(24)34-29-27/h2-5,20-23H,6-19H2,1H3,(H,28,32). The van der Waals surface area contributed by atoms with Gasteiger partial charge in [0.1, 0.15) is 0 Å². The maximum atomic E-state index is 12.5. The van der Waals surface area contributed by atoms with Crippen molar-refractivity contribution in [2.45, 2.75) is 69.9 Å². The highest BCUT2D eigenvalue weighted by atomic mass is 16.5. The number of amides is 1. The summed E-state index contributed by atoms with van der Waals surface area (Å²) in [6.45, 7) is 5.34. The smallest absolute Gasteiger partial charge is 0.220 e. The molecule has 186 valence electrons. The third-order valence-electron chi connectivity index (χ3n) is 8.40. The van der Waals surface area contributed by atoms with Crippen molar-refractivity contribution < 1.29 is 14.1 Å². The number of benzene rings is 1. The number of piperazine rings is 1. The van der Waals surface area contributed by atoms with Gasteiger partial charge in [-0.05, 0) is 81.9 Å². The number of ether oxygens (including phenoxy) is 1. The van der Waals surface area contributed by atoms with Crippen molar-refractivity contribution in [2.24, 2.45) is 11.8 Å². The van der Waals surface area contributed by atoms with Crippen molar-refractivity contribution in [3.8, 4) is 0 Å². The Morgan fingerprint density at radius 3 is 2.59 bits per heavy atom. The molecule has 2 aromatic rings. The van der Waals surface area contributed by atoms with Gasteiger partial charge in [-0.15, -0.1) is 0 Å². The molecule has 1 aromatic carbocycles. The number of fused-ring (bicyclic) bond motifs is 1. The minimum atomic E-state index is 0.253. The van der Waals surface area contributed by atoms with Crippen LogP contribution >= 0.6 is 0 Å². The van der Waals surface area contributed by atoms with Crippen LogP contribution in [0, 0.1) is 11.8 Å². The number of nitrogens with one attached hydrogen (secondary N) is 1. The monoisotopic (exact) mass is 468 g/mol. The first-order valence-corrected chi connectivity index (χ1v) is 13.3. The molecule has 7 nitrogen and oxygen atoms in total. The van der Waals surface area contributed by atoms with Gasteiger partial charge in [-0.3, -0.25) is 9.69 Å². The van der Waals surface area contributed by atoms with Gasteiger partial charge in [0.15, 0.2) is 11.4 Å². The van der Waals surface area contributed by atoms with Crippen LogP contribution < -0.4 is 10.2 Å². The Hall–Kier alpha value is -2.12. The Bertz CT molecular complexity index is 931. The van der Waals surface area contributed by atoms with Crippen LogP contribution in [0.5, 0.6) is 0 Å². The maximum absolute atomic E-state index is 12.5. The average Bonchev–Trinajstić information content (AvgIpc) is 3.51. The summed E-state index contributed by atoms with van der Waals surface area (Å²) in [5.41, 5.74) is 0.866. The second kappa shape index (κ2) is 11.1. The number of aromatic nitrogens is 1. The van der Waals surface area contributed by atoms with E-state index < -0.39 is 0 Å². The summed E-state index contributed by atoms with van der Waals surface area (Å²) in [6.07, 6.45) is 10.3. The second-order valence-electron chi connectivity index (χ2n) is 10.6. The van der Waals surface area contributed by atoms with Gasteiger partial charge in [0.2, 0.25) is 5.91 Å². The molecule has 3 aliphatic rings. The van der Waals surface area contributed by atoms with Gasteiger partial charge < -0.3 is 19.5 Å². The molecular formula is C27H40N4O3. The highest BCUT2D eigenvalue weighted by Crippen LogP contribution is 2.31. The molecule has 5 rings (SSSR count). The zero-order chi connectivity index (χ0) is 23.3. The summed E-state index contributed by atoms with van der Waals surface area (Å²) < 4.78 is 10.9. The molecule has 1 aliphatic heterocycles. The van der Waals surface area contributed by atoms with Crippen molar-refractivity contribution >= 4 is 22.7 Å². The van der Waals surface area contributed by atoms with Crippen LogP contribution in [0.2, 0.25) is 0 Å². The van der Waals surface area contributed by atoms with E-state index in [2.05, 4.69) is 26.3 Å². The number of carbonyl (C=O) groups is 1. The zero-order valence-electron chi connectivity index (χ0n) is 20.6. The van der Waals surface area contributed by atoms with Crippen LogP contribution in [-0.2, 0) is 9.53 Å². The fourth-order valence-electron chi connectivity index (χ4n) is 6.22. The fourth-order valence-corrected chi connectivity index (χ4v) is 6.22. The van der Waals surface area contributed by atoms with E-state index in [1.165, 1.54) is 25.8 Å². The SMILES string of the molecule is COC1CCC(CC(=O)NC2CCC(CCN3CCN(c4noc5ccccc45)CC3)CC2)C1. The highest BCUT2D eigenvalue weighted by molar-refractivity contribution is 5.88. The van der Waals surface area contributed by atoms with Crippen molar-refractivity contribution in [2.75, 3.05) is 44.7 Å². The molecule has 2 aliphatic carbocycles. The van der Waals surface area contributed by atoms with Crippen LogP contribution in [0.25, 0.3) is 11.0 Å². The molecule has 1 saturated heterocycles. The van der Waals surface area contributed by atoms with Gasteiger partial charge >= 0.3 is 0 Å². The Kier molecular flexibility index (Phi) is 7.70. The van der Waals surface area contributed by atoms with Gasteiger partial charge in [-0.1, -0.05) is 17.3 Å². The lowest BCUT2D eigenvalue weighted by molar-refractivity contribution is -0.123. The number of rotatable bonds is 8. The van der Waals surface area contributed by atoms with E-state index >= 15 is 0 Å². The summed E-state index contributed by atoms with van der Waals surface area (Å²) in [7, 11) is 1.78. The van der Waals surface area contributed by atoms with Crippen LogP contribution in [0.15, 0.2) is 28.8 Å². The first-order chi connectivity index (χ1) is 16.7. The average molecular weight is 469 g/mol. The van der Waals surface area contributed by atoms with Crippen molar-refractivity contribution in [3.63, 3.8) is 0 Å². The van der Waals surface area contributed by atoms with Gasteiger partial charge in [0.25, 0.3) is 0 Å². The number of anilines is 1. The first kappa shape index (κ1) is 23.6. The number of para-hydroxylation sites is 1. The maximum Gasteiger partial charge on any atom is 0.220 e. The minimum Gasteiger partial charge on any atom is -0.381 e. The van der Waals surface area contributed by atoms with E-state index in [-0.39, 0.29) is 5.91 Å². The Morgan fingerprint density at radius 2 is 1.82 bits per heavy atom. The third kappa shape index (κ3) is 5.74. The zero-order valence-corrected chi connectivity index (χ0v) is 20.6. The molecule has 1 amide bonds. The van der Waals surface area contributed by atoms with Gasteiger partial charge in [0.05, 0.1) is 11.5 Å². The Morgan fingerprint density at radius 1 is 1.06 bits per heavy atom. The molecule has 0 radical (unpaired) electrons. The lowest BCUT2D eigenvalue weighted by Gasteiger charge is -2.36. The quantitative estimate of drug-likeness (QED) is 0.626. The number of nitrogens with zero attached hydrogens (tertiary/aromatic N) is 3. The van der Waals surface area contributed by atoms with Gasteiger partial charge in [-0.25, -0.2) is 0 Å². The highest BCUT2D eigenvalue weighted by Gasteiger charge is 2.28. The van der Waals surface area contributed by atoms with Crippen LogP contribution in [0.4, 0.5) is 5.82 Å². The largest absolute Gasteiger partial charge is 0.381 e. The molecule has 0 bridgehead atoms. The number of carbonyl (C=O) groups excluding carboxylic acids is 1. The van der Waals surface area contributed by atoms with E-state index in [0.717, 1.165) is 81.0 Å².